The van der Waals surface area contributed by atoms with Crippen LogP contribution < -0.4 is 0 Å². The van der Waals surface area contributed by atoms with Crippen LogP contribution in [0, 0.1) is 0 Å². The largest absolute Gasteiger partial charge is 0.309 e. The summed E-state index contributed by atoms with van der Waals surface area (Å²) >= 11 is 0. The van der Waals surface area contributed by atoms with Crippen LogP contribution in [0.15, 0.2) is 207 Å². The molecular weight excluding hydrogens is 693 g/mol. The molecule has 1 aliphatic carbocycles. The van der Waals surface area contributed by atoms with E-state index in [1.165, 1.54) is 66.0 Å². The average Bonchev–Trinajstić information content (AvgIpc) is 3.92. The maximum Gasteiger partial charge on any atom is 0.0734 e. The van der Waals surface area contributed by atoms with Crippen LogP contribution in [0.2, 0.25) is 0 Å². The minimum absolute atomic E-state index is 0.524. The standard InChI is InChI=1S/C53H34N4/c1-3-11-37(12-4-1)53(38-13-5-2-6-14-38)47-17-9-7-15-41(47)45-27-28-46-42-16-8-10-18-48(42)57(52(46)51(45)53)40-25-21-36(22-26-40)35-19-23-39(24-20-35)56-49-33-54-31-29-43(49)44-30-32-55-34-50(44)56/h1-34H. The summed E-state index contributed by atoms with van der Waals surface area (Å²) in [7, 11) is 0. The first-order valence-corrected chi connectivity index (χ1v) is 19.5. The number of benzene rings is 7. The zero-order valence-corrected chi connectivity index (χ0v) is 30.9. The number of aromatic nitrogens is 4. The molecule has 12 rings (SSSR count). The molecule has 0 spiro atoms. The zero-order chi connectivity index (χ0) is 37.5. The van der Waals surface area contributed by atoms with E-state index in [-0.39, 0.29) is 0 Å². The second-order valence-electron chi connectivity index (χ2n) is 15.0. The molecule has 0 aliphatic heterocycles. The van der Waals surface area contributed by atoms with Gasteiger partial charge in [-0.3, -0.25) is 9.97 Å². The Morgan fingerprint density at radius 1 is 0.368 bits per heavy atom. The number of hydrogen-bond donors (Lipinski definition) is 0. The van der Waals surface area contributed by atoms with Crippen LogP contribution in [0.3, 0.4) is 0 Å². The molecule has 266 valence electrons. The Bertz CT molecular complexity index is 3230. The SMILES string of the molecule is c1ccc(C2(c3ccccc3)c3ccccc3-c3ccc4c5ccccc5n(-c5ccc(-c6ccc(-n7c8cnccc8c8ccncc87)cc6)cc5)c4c32)cc1. The van der Waals surface area contributed by atoms with Gasteiger partial charge in [0, 0.05) is 50.9 Å². The van der Waals surface area contributed by atoms with Gasteiger partial charge in [0.2, 0.25) is 0 Å². The maximum atomic E-state index is 4.45. The van der Waals surface area contributed by atoms with Crippen LogP contribution in [-0.4, -0.2) is 19.1 Å². The summed E-state index contributed by atoms with van der Waals surface area (Å²) in [4.78, 5) is 8.90. The van der Waals surface area contributed by atoms with E-state index in [1.54, 1.807) is 0 Å². The van der Waals surface area contributed by atoms with Gasteiger partial charge in [-0.15, -0.1) is 0 Å². The van der Waals surface area contributed by atoms with Crippen LogP contribution in [0.4, 0.5) is 0 Å². The predicted octanol–water partition coefficient (Wildman–Crippen LogP) is 12.7. The highest BCUT2D eigenvalue weighted by Gasteiger charge is 2.48. The van der Waals surface area contributed by atoms with Crippen LogP contribution in [0.5, 0.6) is 0 Å². The van der Waals surface area contributed by atoms with Crippen molar-refractivity contribution in [2.24, 2.45) is 0 Å². The zero-order valence-electron chi connectivity index (χ0n) is 30.9. The van der Waals surface area contributed by atoms with Gasteiger partial charge < -0.3 is 9.13 Å². The molecule has 4 aromatic heterocycles. The Morgan fingerprint density at radius 3 is 1.53 bits per heavy atom. The lowest BCUT2D eigenvalue weighted by atomic mass is 9.67. The molecule has 0 atom stereocenters. The monoisotopic (exact) mass is 726 g/mol. The average molecular weight is 727 g/mol. The van der Waals surface area contributed by atoms with Crippen molar-refractivity contribution in [2.75, 3.05) is 0 Å². The maximum absolute atomic E-state index is 4.45. The fraction of sp³-hybridized carbons (Fsp3) is 0.0189. The van der Waals surface area contributed by atoms with E-state index in [0.29, 0.717) is 0 Å². The highest BCUT2D eigenvalue weighted by atomic mass is 15.0. The summed E-state index contributed by atoms with van der Waals surface area (Å²) in [5, 5.41) is 4.85. The smallest absolute Gasteiger partial charge is 0.0734 e. The summed E-state index contributed by atoms with van der Waals surface area (Å²) in [6.45, 7) is 0. The van der Waals surface area contributed by atoms with Gasteiger partial charge in [-0.05, 0) is 81.4 Å². The molecule has 4 nitrogen and oxygen atoms in total. The van der Waals surface area contributed by atoms with Gasteiger partial charge in [-0.2, -0.15) is 0 Å². The first-order valence-electron chi connectivity index (χ1n) is 19.5. The third-order valence-electron chi connectivity index (χ3n) is 12.2. The molecule has 0 amide bonds. The Hall–Kier alpha value is -7.56. The highest BCUT2D eigenvalue weighted by molar-refractivity contribution is 6.14. The number of pyridine rings is 2. The molecule has 0 radical (unpaired) electrons. The van der Waals surface area contributed by atoms with Gasteiger partial charge in [-0.1, -0.05) is 140 Å². The number of para-hydroxylation sites is 1. The minimum atomic E-state index is -0.524. The summed E-state index contributed by atoms with van der Waals surface area (Å²) in [5.41, 5.74) is 16.3. The minimum Gasteiger partial charge on any atom is -0.309 e. The highest BCUT2D eigenvalue weighted by Crippen LogP contribution is 2.59. The molecule has 11 aromatic rings. The van der Waals surface area contributed by atoms with Crippen molar-refractivity contribution in [3.8, 4) is 33.6 Å². The van der Waals surface area contributed by atoms with E-state index in [0.717, 1.165) is 33.5 Å². The van der Waals surface area contributed by atoms with E-state index in [4.69, 9.17) is 0 Å². The summed E-state index contributed by atoms with van der Waals surface area (Å²) in [5.74, 6) is 0. The van der Waals surface area contributed by atoms with E-state index in [1.807, 2.05) is 24.8 Å². The summed E-state index contributed by atoms with van der Waals surface area (Å²) in [6, 6.07) is 66.8. The molecule has 0 saturated carbocycles. The molecule has 4 heteroatoms. The molecule has 0 bridgehead atoms. The van der Waals surface area contributed by atoms with Gasteiger partial charge in [0.05, 0.1) is 39.9 Å². The lowest BCUT2D eigenvalue weighted by Gasteiger charge is -2.34. The molecule has 0 saturated heterocycles. The normalized spacial score (nSPS) is 13.1. The van der Waals surface area contributed by atoms with Gasteiger partial charge in [0.1, 0.15) is 0 Å². The quantitative estimate of drug-likeness (QED) is 0.177. The van der Waals surface area contributed by atoms with Crippen LogP contribution in [0.1, 0.15) is 22.3 Å². The fourth-order valence-electron chi connectivity index (χ4n) is 9.85. The second-order valence-corrected chi connectivity index (χ2v) is 15.0. The molecule has 1 aliphatic rings. The summed E-state index contributed by atoms with van der Waals surface area (Å²) in [6.07, 6.45) is 7.59. The van der Waals surface area contributed by atoms with Crippen molar-refractivity contribution < 1.29 is 0 Å². The molecule has 0 N–H and O–H groups in total. The van der Waals surface area contributed by atoms with Crippen molar-refractivity contribution in [3.63, 3.8) is 0 Å². The third kappa shape index (κ3) is 4.44. The molecule has 0 fully saturated rings. The van der Waals surface area contributed by atoms with E-state index >= 15 is 0 Å². The first-order chi connectivity index (χ1) is 28.3. The van der Waals surface area contributed by atoms with E-state index in [9.17, 15) is 0 Å². The molecule has 7 aromatic carbocycles. The Kier molecular flexibility index (Phi) is 6.81. The number of nitrogens with zero attached hydrogens (tertiary/aromatic N) is 4. The molecule has 4 heterocycles. The molecular formula is C53H34N4. The van der Waals surface area contributed by atoms with Crippen molar-refractivity contribution in [2.45, 2.75) is 5.41 Å². The third-order valence-corrected chi connectivity index (χ3v) is 12.2. The lowest BCUT2D eigenvalue weighted by molar-refractivity contribution is 0.772. The van der Waals surface area contributed by atoms with E-state index < -0.39 is 5.41 Å². The second kappa shape index (κ2) is 12.2. The number of hydrogen-bond acceptors (Lipinski definition) is 2. The van der Waals surface area contributed by atoms with Crippen LogP contribution >= 0.6 is 0 Å². The first kappa shape index (κ1) is 31.8. The topological polar surface area (TPSA) is 35.6 Å². The molecule has 57 heavy (non-hydrogen) atoms. The van der Waals surface area contributed by atoms with Crippen molar-refractivity contribution in [1.82, 2.24) is 19.1 Å². The van der Waals surface area contributed by atoms with Crippen LogP contribution in [-0.2, 0) is 5.41 Å². The van der Waals surface area contributed by atoms with Crippen LogP contribution in [0.25, 0.3) is 77.2 Å². The Morgan fingerprint density at radius 2 is 0.895 bits per heavy atom. The van der Waals surface area contributed by atoms with Gasteiger partial charge in [-0.25, -0.2) is 0 Å². The van der Waals surface area contributed by atoms with Gasteiger partial charge >= 0.3 is 0 Å². The Labute approximate surface area is 329 Å². The summed E-state index contributed by atoms with van der Waals surface area (Å²) < 4.78 is 4.76. The van der Waals surface area contributed by atoms with Gasteiger partial charge in [0.25, 0.3) is 0 Å². The fourth-order valence-corrected chi connectivity index (χ4v) is 9.85. The van der Waals surface area contributed by atoms with E-state index in [2.05, 4.69) is 201 Å². The van der Waals surface area contributed by atoms with Crippen molar-refractivity contribution in [3.05, 3.63) is 229 Å². The van der Waals surface area contributed by atoms with Crippen molar-refractivity contribution in [1.29, 1.82) is 0 Å². The predicted molar refractivity (Wildman–Crippen MR) is 233 cm³/mol. The Balaban J connectivity index is 1.05. The van der Waals surface area contributed by atoms with Gasteiger partial charge in [0.15, 0.2) is 0 Å². The molecule has 0 unspecified atom stereocenters. The van der Waals surface area contributed by atoms with Crippen molar-refractivity contribution >= 4 is 43.6 Å². The lowest BCUT2D eigenvalue weighted by Crippen LogP contribution is -2.29. The number of fused-ring (bicyclic) bond motifs is 10. The number of rotatable bonds is 5.